The zero-order valence-corrected chi connectivity index (χ0v) is 32.9. The average molecular weight is 754 g/mol. The average Bonchev–Trinajstić information content (AvgIpc) is 3.78. The summed E-state index contributed by atoms with van der Waals surface area (Å²) in [6, 6.07) is 73.1. The number of benzene rings is 10. The normalized spacial score (nSPS) is 13.1. The van der Waals surface area contributed by atoms with E-state index in [2.05, 4.69) is 219 Å². The smallest absolute Gasteiger partial charge is 0.143 e. The van der Waals surface area contributed by atoms with Gasteiger partial charge in [0.2, 0.25) is 0 Å². The molecule has 2 nitrogen and oxygen atoms in total. The number of nitrogens with zero attached hydrogens (tertiary/aromatic N) is 1. The Morgan fingerprint density at radius 3 is 1.83 bits per heavy atom. The molecule has 0 bridgehead atoms. The van der Waals surface area contributed by atoms with Gasteiger partial charge in [-0.2, -0.15) is 0 Å². The van der Waals surface area contributed by atoms with Gasteiger partial charge in [0.1, 0.15) is 11.2 Å². The van der Waals surface area contributed by atoms with E-state index in [9.17, 15) is 0 Å². The van der Waals surface area contributed by atoms with Crippen molar-refractivity contribution in [2.24, 2.45) is 0 Å². The summed E-state index contributed by atoms with van der Waals surface area (Å²) in [7, 11) is 0. The Kier molecular flexibility index (Phi) is 7.31. The van der Waals surface area contributed by atoms with Gasteiger partial charge in [-0.3, -0.25) is 0 Å². The third-order valence-electron chi connectivity index (χ3n) is 12.8. The minimum absolute atomic E-state index is 0.108. The fraction of sp³-hybridized carbons (Fsp3) is 0.0526. The Balaban J connectivity index is 1.06. The summed E-state index contributed by atoms with van der Waals surface area (Å²) >= 11 is 0. The van der Waals surface area contributed by atoms with E-state index in [1.165, 1.54) is 60.3 Å². The van der Waals surface area contributed by atoms with E-state index in [-0.39, 0.29) is 5.41 Å². The van der Waals surface area contributed by atoms with Gasteiger partial charge in [-0.1, -0.05) is 172 Å². The van der Waals surface area contributed by atoms with E-state index >= 15 is 0 Å². The molecule has 0 N–H and O–H groups in total. The number of anilines is 3. The van der Waals surface area contributed by atoms with Gasteiger partial charge in [0.05, 0.1) is 5.69 Å². The standard InChI is InChI=1S/C57H39NO/c1-57(2)52-26-13-12-21-45(52)46-30-29-40(34-53(46)57)58(39-17-4-3-5-18-39)54-32-31-44(42-19-8-10-22-47(42)54)50-35-51-49-25-14-24-41(38-28-27-36-15-6-7-16-37(36)33-38)55(49)59-56(51)48-23-11-9-20-43(48)50/h3-35H,1-2H3. The molecular weight excluding hydrogens is 715 g/mol. The Hall–Kier alpha value is -7.42. The lowest BCUT2D eigenvalue weighted by molar-refractivity contribution is 0.660. The van der Waals surface area contributed by atoms with E-state index in [4.69, 9.17) is 4.42 Å². The molecule has 12 rings (SSSR count). The predicted octanol–water partition coefficient (Wildman–Crippen LogP) is 16.2. The first-order valence-corrected chi connectivity index (χ1v) is 20.5. The Morgan fingerprint density at radius 1 is 0.356 bits per heavy atom. The predicted molar refractivity (Wildman–Crippen MR) is 249 cm³/mol. The van der Waals surface area contributed by atoms with Gasteiger partial charge in [0.25, 0.3) is 0 Å². The Labute approximate surface area is 343 Å². The molecule has 278 valence electrons. The maximum absolute atomic E-state index is 6.95. The lowest BCUT2D eigenvalue weighted by atomic mass is 9.82. The number of hydrogen-bond acceptors (Lipinski definition) is 2. The minimum Gasteiger partial charge on any atom is -0.455 e. The van der Waals surface area contributed by atoms with Crippen LogP contribution >= 0.6 is 0 Å². The summed E-state index contributed by atoms with van der Waals surface area (Å²) in [5.74, 6) is 0. The molecule has 0 aliphatic heterocycles. The van der Waals surface area contributed by atoms with Crippen LogP contribution in [0.2, 0.25) is 0 Å². The Bertz CT molecular complexity index is 3480. The van der Waals surface area contributed by atoms with Gasteiger partial charge in [-0.25, -0.2) is 0 Å². The fourth-order valence-corrected chi connectivity index (χ4v) is 9.98. The first kappa shape index (κ1) is 33.7. The van der Waals surface area contributed by atoms with E-state index in [0.29, 0.717) is 0 Å². The molecule has 0 saturated heterocycles. The third-order valence-corrected chi connectivity index (χ3v) is 12.8. The van der Waals surface area contributed by atoms with Crippen molar-refractivity contribution in [1.29, 1.82) is 0 Å². The number of hydrogen-bond donors (Lipinski definition) is 0. The highest BCUT2D eigenvalue weighted by Crippen LogP contribution is 2.52. The topological polar surface area (TPSA) is 16.4 Å². The van der Waals surface area contributed by atoms with Crippen molar-refractivity contribution < 1.29 is 4.42 Å². The second-order valence-electron chi connectivity index (χ2n) is 16.4. The molecule has 0 atom stereocenters. The lowest BCUT2D eigenvalue weighted by Crippen LogP contribution is -2.16. The molecule has 1 aromatic heterocycles. The van der Waals surface area contributed by atoms with E-state index in [1.807, 2.05) is 0 Å². The molecule has 1 aliphatic rings. The molecule has 0 unspecified atom stereocenters. The fourth-order valence-electron chi connectivity index (χ4n) is 9.98. The van der Waals surface area contributed by atoms with Crippen LogP contribution in [0.3, 0.4) is 0 Å². The van der Waals surface area contributed by atoms with E-state index in [0.717, 1.165) is 55.5 Å². The van der Waals surface area contributed by atoms with Crippen LogP contribution < -0.4 is 4.90 Å². The van der Waals surface area contributed by atoms with Crippen molar-refractivity contribution in [2.75, 3.05) is 4.90 Å². The van der Waals surface area contributed by atoms with Crippen LogP contribution in [0.4, 0.5) is 17.1 Å². The van der Waals surface area contributed by atoms with Crippen LogP contribution in [-0.2, 0) is 5.41 Å². The van der Waals surface area contributed by atoms with E-state index in [1.54, 1.807) is 0 Å². The molecule has 1 heterocycles. The highest BCUT2D eigenvalue weighted by Gasteiger charge is 2.36. The first-order chi connectivity index (χ1) is 29.0. The summed E-state index contributed by atoms with van der Waals surface area (Å²) in [4.78, 5) is 2.44. The SMILES string of the molecule is CC1(C)c2ccccc2-c2ccc(N(c3ccccc3)c3ccc(-c4cc5c6cccc(-c7ccc8ccccc8c7)c6oc5c5ccccc45)c4ccccc34)cc21. The van der Waals surface area contributed by atoms with Crippen molar-refractivity contribution in [3.05, 3.63) is 211 Å². The number of rotatable bonds is 5. The largest absolute Gasteiger partial charge is 0.455 e. The molecule has 0 fully saturated rings. The number of para-hydroxylation sites is 2. The molecule has 59 heavy (non-hydrogen) atoms. The van der Waals surface area contributed by atoms with Crippen LogP contribution in [0.1, 0.15) is 25.0 Å². The molecular formula is C57H39NO. The maximum atomic E-state index is 6.95. The van der Waals surface area contributed by atoms with Crippen LogP contribution in [0, 0.1) is 0 Å². The summed E-state index contributed by atoms with van der Waals surface area (Å²) in [5, 5.41) is 9.37. The number of furan rings is 1. The quantitative estimate of drug-likeness (QED) is 0.174. The second-order valence-corrected chi connectivity index (χ2v) is 16.4. The van der Waals surface area contributed by atoms with Crippen molar-refractivity contribution in [3.8, 4) is 33.4 Å². The molecule has 0 saturated carbocycles. The van der Waals surface area contributed by atoms with Crippen LogP contribution in [0.25, 0.3) is 87.6 Å². The summed E-state index contributed by atoms with van der Waals surface area (Å²) in [6.45, 7) is 4.71. The van der Waals surface area contributed by atoms with Gasteiger partial charge in [-0.05, 0) is 103 Å². The summed E-state index contributed by atoms with van der Waals surface area (Å²) in [5.41, 5.74) is 15.2. The van der Waals surface area contributed by atoms with Crippen molar-refractivity contribution in [1.82, 2.24) is 0 Å². The molecule has 11 aromatic rings. The second kappa shape index (κ2) is 12.8. The number of fused-ring (bicyclic) bond motifs is 10. The van der Waals surface area contributed by atoms with Gasteiger partial charge >= 0.3 is 0 Å². The highest BCUT2D eigenvalue weighted by atomic mass is 16.3. The van der Waals surface area contributed by atoms with Gasteiger partial charge < -0.3 is 9.32 Å². The van der Waals surface area contributed by atoms with Crippen molar-refractivity contribution >= 4 is 71.3 Å². The van der Waals surface area contributed by atoms with Gasteiger partial charge in [-0.15, -0.1) is 0 Å². The van der Waals surface area contributed by atoms with E-state index < -0.39 is 0 Å². The molecule has 0 amide bonds. The van der Waals surface area contributed by atoms with Crippen molar-refractivity contribution in [3.63, 3.8) is 0 Å². The molecule has 1 aliphatic carbocycles. The maximum Gasteiger partial charge on any atom is 0.143 e. The molecule has 0 spiro atoms. The summed E-state index contributed by atoms with van der Waals surface area (Å²) < 4.78 is 6.95. The lowest BCUT2D eigenvalue weighted by Gasteiger charge is -2.29. The zero-order valence-electron chi connectivity index (χ0n) is 32.9. The van der Waals surface area contributed by atoms with Crippen LogP contribution in [0.5, 0.6) is 0 Å². The molecule has 0 radical (unpaired) electrons. The summed E-state index contributed by atoms with van der Waals surface area (Å²) in [6.07, 6.45) is 0. The monoisotopic (exact) mass is 753 g/mol. The van der Waals surface area contributed by atoms with Gasteiger partial charge in [0.15, 0.2) is 0 Å². The first-order valence-electron chi connectivity index (χ1n) is 20.5. The third kappa shape index (κ3) is 5.06. The van der Waals surface area contributed by atoms with Crippen LogP contribution in [-0.4, -0.2) is 0 Å². The molecule has 2 heteroatoms. The van der Waals surface area contributed by atoms with Gasteiger partial charge in [0, 0.05) is 43.9 Å². The zero-order chi connectivity index (χ0) is 39.2. The highest BCUT2D eigenvalue weighted by molar-refractivity contribution is 6.22. The van der Waals surface area contributed by atoms with Crippen molar-refractivity contribution in [2.45, 2.75) is 19.3 Å². The van der Waals surface area contributed by atoms with Crippen LogP contribution in [0.15, 0.2) is 205 Å². The molecule has 10 aromatic carbocycles. The minimum atomic E-state index is -0.108. The Morgan fingerprint density at radius 2 is 0.983 bits per heavy atom.